The van der Waals surface area contributed by atoms with E-state index in [2.05, 4.69) is 0 Å². The quantitative estimate of drug-likeness (QED) is 0.437. The number of hydrogen-bond acceptors (Lipinski definition) is 7. The van der Waals surface area contributed by atoms with Crippen LogP contribution in [0.5, 0.6) is 0 Å². The maximum atomic E-state index is 12.2. The maximum absolute atomic E-state index is 12.2. The van der Waals surface area contributed by atoms with Gasteiger partial charge >= 0.3 is 29.6 Å². The number of rotatable bonds is 4. The van der Waals surface area contributed by atoms with Crippen LogP contribution in [-0.4, -0.2) is 26.0 Å². The SMILES string of the molecule is CCC(S(=O)(=O)[O-])S(=O)(=O)c1cccc(C#N)c1C#N.[Na+]. The molecule has 0 heterocycles. The van der Waals surface area contributed by atoms with Crippen molar-refractivity contribution in [2.75, 3.05) is 0 Å². The van der Waals surface area contributed by atoms with E-state index < -0.39 is 41.4 Å². The molecule has 0 aromatic heterocycles. The first-order chi connectivity index (χ1) is 9.20. The monoisotopic (exact) mass is 336 g/mol. The van der Waals surface area contributed by atoms with Crippen LogP contribution in [0.25, 0.3) is 0 Å². The van der Waals surface area contributed by atoms with E-state index >= 15 is 0 Å². The van der Waals surface area contributed by atoms with Crippen LogP contribution < -0.4 is 29.6 Å². The molecule has 1 atom stereocenters. The summed E-state index contributed by atoms with van der Waals surface area (Å²) in [5.74, 6) is 0. The molecule has 21 heavy (non-hydrogen) atoms. The predicted octanol–water partition coefficient (Wildman–Crippen LogP) is -2.51. The third kappa shape index (κ3) is 4.04. The fourth-order valence-corrected chi connectivity index (χ4v) is 5.09. The third-order valence-electron chi connectivity index (χ3n) is 2.57. The van der Waals surface area contributed by atoms with Gasteiger partial charge in [0.15, 0.2) is 14.4 Å². The molecule has 0 aliphatic carbocycles. The smallest absolute Gasteiger partial charge is 0.747 e. The van der Waals surface area contributed by atoms with Gasteiger partial charge in [0, 0.05) is 0 Å². The van der Waals surface area contributed by atoms with Crippen LogP contribution in [0.3, 0.4) is 0 Å². The van der Waals surface area contributed by atoms with E-state index in [4.69, 9.17) is 10.5 Å². The van der Waals surface area contributed by atoms with Crippen LogP contribution in [0.2, 0.25) is 0 Å². The van der Waals surface area contributed by atoms with Crippen LogP contribution in [0.15, 0.2) is 23.1 Å². The molecule has 0 radical (unpaired) electrons. The molecule has 0 aliphatic rings. The molecule has 1 aromatic carbocycles. The van der Waals surface area contributed by atoms with Crippen LogP contribution in [-0.2, 0) is 20.0 Å². The van der Waals surface area contributed by atoms with Crippen molar-refractivity contribution >= 4 is 20.0 Å². The molecule has 0 saturated carbocycles. The van der Waals surface area contributed by atoms with Crippen molar-refractivity contribution in [2.24, 2.45) is 0 Å². The number of benzene rings is 1. The fraction of sp³-hybridized carbons (Fsp3) is 0.273. The Hall–Kier alpha value is -0.940. The Morgan fingerprint density at radius 1 is 1.19 bits per heavy atom. The molecule has 10 heteroatoms. The predicted molar refractivity (Wildman–Crippen MR) is 66.8 cm³/mol. The van der Waals surface area contributed by atoms with Gasteiger partial charge < -0.3 is 4.55 Å². The Labute approximate surface area is 145 Å². The normalized spacial score (nSPS) is 12.6. The summed E-state index contributed by atoms with van der Waals surface area (Å²) in [5.41, 5.74) is -0.663. The molecule has 0 aliphatic heterocycles. The first-order valence-corrected chi connectivity index (χ1v) is 8.33. The summed E-state index contributed by atoms with van der Waals surface area (Å²) in [4.78, 5) is -0.620. The summed E-state index contributed by atoms with van der Waals surface area (Å²) in [7, 11) is -9.65. The van der Waals surface area contributed by atoms with Gasteiger partial charge in [0.25, 0.3) is 0 Å². The Bertz CT molecular complexity index is 819. The molecule has 0 amide bonds. The summed E-state index contributed by atoms with van der Waals surface area (Å²) in [5, 5.41) is 17.8. The van der Waals surface area contributed by atoms with Crippen molar-refractivity contribution in [3.63, 3.8) is 0 Å². The molecule has 1 aromatic rings. The Morgan fingerprint density at radius 3 is 2.14 bits per heavy atom. The van der Waals surface area contributed by atoms with Gasteiger partial charge in [-0.25, -0.2) is 16.8 Å². The summed E-state index contributed by atoms with van der Waals surface area (Å²) in [6, 6.07) is 6.63. The molecule has 106 valence electrons. The Kier molecular flexibility index (Phi) is 7.03. The second-order valence-electron chi connectivity index (χ2n) is 3.78. The van der Waals surface area contributed by atoms with Crippen LogP contribution >= 0.6 is 0 Å². The van der Waals surface area contributed by atoms with Gasteiger partial charge in [0.1, 0.15) is 22.3 Å². The summed E-state index contributed by atoms with van der Waals surface area (Å²) >= 11 is 0. The van der Waals surface area contributed by atoms with Gasteiger partial charge in [-0.3, -0.25) is 0 Å². The van der Waals surface area contributed by atoms with Gasteiger partial charge in [-0.1, -0.05) is 13.0 Å². The van der Waals surface area contributed by atoms with Crippen molar-refractivity contribution < 1.29 is 50.9 Å². The maximum Gasteiger partial charge on any atom is 1.00 e. The fourth-order valence-electron chi connectivity index (χ4n) is 1.70. The van der Waals surface area contributed by atoms with Crippen LogP contribution in [0, 0.1) is 22.7 Å². The zero-order chi connectivity index (χ0) is 15.6. The minimum absolute atomic E-state index is 0. The van der Waals surface area contributed by atoms with Gasteiger partial charge in [0.05, 0.1) is 16.0 Å². The standard InChI is InChI=1S/C11H10N2O5S2.Na/c1-2-11(20(16,17)18)19(14,15)10-5-3-4-8(6-12)9(10)7-13;/h3-5,11H,2H2,1H3,(H,16,17,18);/q;+1/p-1. The number of nitriles is 2. The topological polar surface area (TPSA) is 139 Å². The molecule has 0 saturated heterocycles. The van der Waals surface area contributed by atoms with E-state index in [-0.39, 0.29) is 35.1 Å². The summed E-state index contributed by atoms with van der Waals surface area (Å²) in [6.07, 6.45) is -0.449. The molecule has 1 unspecified atom stereocenters. The second kappa shape index (κ2) is 7.36. The largest absolute Gasteiger partial charge is 1.00 e. The molecule has 0 bridgehead atoms. The average Bonchev–Trinajstić information content (AvgIpc) is 2.36. The van der Waals surface area contributed by atoms with E-state index in [1.54, 1.807) is 12.1 Å². The summed E-state index contributed by atoms with van der Waals surface area (Å²) in [6.45, 7) is 1.23. The third-order valence-corrected chi connectivity index (χ3v) is 6.99. The molecule has 0 fully saturated rings. The molecular weight excluding hydrogens is 327 g/mol. The van der Waals surface area contributed by atoms with E-state index in [0.29, 0.717) is 0 Å². The van der Waals surface area contributed by atoms with Gasteiger partial charge in [-0.2, -0.15) is 10.5 Å². The van der Waals surface area contributed by atoms with Gasteiger partial charge in [0.2, 0.25) is 0 Å². The van der Waals surface area contributed by atoms with E-state index in [0.717, 1.165) is 6.07 Å². The van der Waals surface area contributed by atoms with Crippen molar-refractivity contribution in [3.8, 4) is 12.1 Å². The van der Waals surface area contributed by atoms with Crippen LogP contribution in [0.4, 0.5) is 0 Å². The van der Waals surface area contributed by atoms with Crippen molar-refractivity contribution in [1.29, 1.82) is 10.5 Å². The minimum atomic E-state index is -5.10. The zero-order valence-electron chi connectivity index (χ0n) is 11.3. The molecular formula is C11H9N2NaO5S2. The van der Waals surface area contributed by atoms with Crippen molar-refractivity contribution in [2.45, 2.75) is 22.8 Å². The Morgan fingerprint density at radius 2 is 1.76 bits per heavy atom. The second-order valence-corrected chi connectivity index (χ2v) is 7.73. The van der Waals surface area contributed by atoms with Gasteiger partial charge in [-0.15, -0.1) is 0 Å². The summed E-state index contributed by atoms with van der Waals surface area (Å²) < 4.78 is 55.4. The van der Waals surface area contributed by atoms with E-state index in [9.17, 15) is 21.4 Å². The average molecular weight is 336 g/mol. The number of hydrogen-bond donors (Lipinski definition) is 0. The van der Waals surface area contributed by atoms with Gasteiger partial charge in [-0.05, 0) is 18.6 Å². The van der Waals surface area contributed by atoms with E-state index in [1.165, 1.54) is 19.1 Å². The number of sulfone groups is 1. The first-order valence-electron chi connectivity index (χ1n) is 5.32. The first kappa shape index (κ1) is 20.1. The van der Waals surface area contributed by atoms with Crippen molar-refractivity contribution in [3.05, 3.63) is 29.3 Å². The molecule has 0 N–H and O–H groups in total. The number of nitrogens with zero attached hydrogens (tertiary/aromatic N) is 2. The Balaban J connectivity index is 0.00000400. The van der Waals surface area contributed by atoms with Crippen molar-refractivity contribution in [1.82, 2.24) is 0 Å². The molecule has 7 nitrogen and oxygen atoms in total. The molecule has 0 spiro atoms. The zero-order valence-corrected chi connectivity index (χ0v) is 14.9. The molecule has 1 rings (SSSR count). The van der Waals surface area contributed by atoms with E-state index in [1.807, 2.05) is 0 Å². The minimum Gasteiger partial charge on any atom is -0.747 e. The van der Waals surface area contributed by atoms with Crippen LogP contribution in [0.1, 0.15) is 24.5 Å².